The van der Waals surface area contributed by atoms with Gasteiger partial charge < -0.3 is 14.9 Å². The summed E-state index contributed by atoms with van der Waals surface area (Å²) in [5, 5.41) is 17.4. The fourth-order valence-corrected chi connectivity index (χ4v) is 1.86. The minimum Gasteiger partial charge on any atom is -0.481 e. The van der Waals surface area contributed by atoms with E-state index in [9.17, 15) is 14.4 Å². The van der Waals surface area contributed by atoms with Crippen LogP contribution in [0.5, 0.6) is 0 Å². The zero-order valence-electron chi connectivity index (χ0n) is 11.6. The number of methoxy groups -OCH3 is 1. The van der Waals surface area contributed by atoms with E-state index in [-0.39, 0.29) is 17.8 Å². The Labute approximate surface area is 112 Å². The fraction of sp³-hybridized carbons (Fsp3) is 0.769. The number of carbonyl (C=O) groups is 3. The van der Waals surface area contributed by atoms with Gasteiger partial charge in [-0.25, -0.2) is 0 Å². The number of carboxylic acid groups (broad SMARTS) is 2. The topological polar surface area (TPSA) is 101 Å². The smallest absolute Gasteiger partial charge is 0.317 e. The Balaban J connectivity index is 4.05. The highest BCUT2D eigenvalue weighted by Gasteiger charge is 2.26. The highest BCUT2D eigenvalue weighted by molar-refractivity contribution is 5.92. The molecule has 2 N–H and O–H groups in total. The van der Waals surface area contributed by atoms with E-state index in [0.717, 1.165) is 0 Å². The lowest BCUT2D eigenvalue weighted by Crippen LogP contribution is -2.23. The lowest BCUT2D eigenvalue weighted by atomic mass is 9.83. The molecule has 0 fully saturated rings. The van der Waals surface area contributed by atoms with Crippen molar-refractivity contribution in [1.82, 2.24) is 0 Å². The molecule has 0 saturated carbocycles. The van der Waals surface area contributed by atoms with Crippen LogP contribution in [0.2, 0.25) is 0 Å². The van der Waals surface area contributed by atoms with Crippen LogP contribution < -0.4 is 0 Å². The van der Waals surface area contributed by atoms with Crippen molar-refractivity contribution in [2.45, 2.75) is 46.0 Å². The molecule has 0 aromatic rings. The Morgan fingerprint density at radius 2 is 1.63 bits per heavy atom. The second-order valence-corrected chi connectivity index (χ2v) is 5.39. The minimum absolute atomic E-state index is 0.110. The number of esters is 1. The monoisotopic (exact) mass is 274 g/mol. The summed E-state index contributed by atoms with van der Waals surface area (Å²) in [7, 11) is 1.34. The van der Waals surface area contributed by atoms with Crippen molar-refractivity contribution in [3.63, 3.8) is 0 Å². The summed E-state index contributed by atoms with van der Waals surface area (Å²) in [4.78, 5) is 32.5. The van der Waals surface area contributed by atoms with Crippen molar-refractivity contribution >= 4 is 17.9 Å². The molecule has 0 bridgehead atoms. The molecule has 0 aromatic heterocycles. The molecule has 0 amide bonds. The molecular formula is C13H22O6. The van der Waals surface area contributed by atoms with E-state index < -0.39 is 17.9 Å². The van der Waals surface area contributed by atoms with Crippen molar-refractivity contribution in [2.24, 2.45) is 11.3 Å². The van der Waals surface area contributed by atoms with Crippen LogP contribution in [0.25, 0.3) is 0 Å². The Morgan fingerprint density at radius 3 is 2.05 bits per heavy atom. The molecule has 0 spiro atoms. The molecule has 0 saturated heterocycles. The molecule has 0 unspecified atom stereocenters. The summed E-state index contributed by atoms with van der Waals surface area (Å²) in [6, 6.07) is 0. The number of aliphatic carboxylic acids is 2. The fourth-order valence-electron chi connectivity index (χ4n) is 1.86. The van der Waals surface area contributed by atoms with E-state index in [1.165, 1.54) is 7.11 Å². The van der Waals surface area contributed by atoms with Crippen LogP contribution in [-0.2, 0) is 19.1 Å². The van der Waals surface area contributed by atoms with Crippen LogP contribution in [0.1, 0.15) is 46.0 Å². The molecule has 6 heteroatoms. The highest BCUT2D eigenvalue weighted by Crippen LogP contribution is 2.28. The zero-order chi connectivity index (χ0) is 15.1. The number of hydrogen-bond acceptors (Lipinski definition) is 4. The molecule has 0 atom stereocenters. The largest absolute Gasteiger partial charge is 0.481 e. The average Bonchev–Trinajstić information content (AvgIpc) is 2.26. The maximum Gasteiger partial charge on any atom is 0.317 e. The summed E-state index contributed by atoms with van der Waals surface area (Å²) < 4.78 is 4.60. The molecule has 110 valence electrons. The predicted molar refractivity (Wildman–Crippen MR) is 67.6 cm³/mol. The molecule has 0 radical (unpaired) electrons. The molecule has 0 rings (SSSR count). The van der Waals surface area contributed by atoms with E-state index in [2.05, 4.69) is 4.74 Å². The van der Waals surface area contributed by atoms with Gasteiger partial charge in [-0.1, -0.05) is 26.7 Å². The van der Waals surface area contributed by atoms with Crippen molar-refractivity contribution in [1.29, 1.82) is 0 Å². The van der Waals surface area contributed by atoms with Crippen LogP contribution in [0.3, 0.4) is 0 Å². The van der Waals surface area contributed by atoms with Gasteiger partial charge >= 0.3 is 17.9 Å². The third-order valence-electron chi connectivity index (χ3n) is 3.04. The summed E-state index contributed by atoms with van der Waals surface area (Å²) in [6.45, 7) is 3.85. The van der Waals surface area contributed by atoms with E-state index in [1.54, 1.807) is 0 Å². The first kappa shape index (κ1) is 17.4. The van der Waals surface area contributed by atoms with Gasteiger partial charge in [-0.05, 0) is 18.3 Å². The van der Waals surface area contributed by atoms with Gasteiger partial charge in [0.05, 0.1) is 13.5 Å². The number of carboxylic acids is 2. The highest BCUT2D eigenvalue weighted by atomic mass is 16.5. The first-order valence-electron chi connectivity index (χ1n) is 6.22. The normalized spacial score (nSPS) is 11.4. The molecular weight excluding hydrogens is 252 g/mol. The second kappa shape index (κ2) is 7.76. The van der Waals surface area contributed by atoms with Crippen LogP contribution in [0, 0.1) is 11.3 Å². The van der Waals surface area contributed by atoms with Gasteiger partial charge in [-0.15, -0.1) is 0 Å². The van der Waals surface area contributed by atoms with Gasteiger partial charge in [0.25, 0.3) is 0 Å². The van der Waals surface area contributed by atoms with Crippen molar-refractivity contribution < 1.29 is 29.3 Å². The second-order valence-electron chi connectivity index (χ2n) is 5.39. The number of rotatable bonds is 9. The maximum atomic E-state index is 11.2. The average molecular weight is 274 g/mol. The summed E-state index contributed by atoms with van der Waals surface area (Å²) >= 11 is 0. The van der Waals surface area contributed by atoms with Gasteiger partial charge in [0.15, 0.2) is 5.92 Å². The number of ether oxygens (including phenoxy) is 1. The van der Waals surface area contributed by atoms with Crippen molar-refractivity contribution in [3.05, 3.63) is 0 Å². The molecule has 0 aromatic carbocycles. The van der Waals surface area contributed by atoms with Gasteiger partial charge in [0, 0.05) is 0 Å². The van der Waals surface area contributed by atoms with E-state index in [1.807, 2.05) is 13.8 Å². The van der Waals surface area contributed by atoms with E-state index in [4.69, 9.17) is 10.2 Å². The minimum atomic E-state index is -1.34. The Hall–Kier alpha value is -1.59. The summed E-state index contributed by atoms with van der Waals surface area (Å²) in [6.07, 6.45) is 2.31. The van der Waals surface area contributed by atoms with E-state index in [0.29, 0.717) is 25.7 Å². The molecule has 0 heterocycles. The Kier molecular flexibility index (Phi) is 7.11. The van der Waals surface area contributed by atoms with Crippen LogP contribution in [0.4, 0.5) is 0 Å². The van der Waals surface area contributed by atoms with Crippen LogP contribution in [0.15, 0.2) is 0 Å². The third-order valence-corrected chi connectivity index (χ3v) is 3.04. The summed E-state index contributed by atoms with van der Waals surface area (Å²) in [5.41, 5.74) is -0.227. The number of unbranched alkanes of at least 4 members (excludes halogenated alkanes) is 1. The molecule has 0 aliphatic carbocycles. The van der Waals surface area contributed by atoms with Gasteiger partial charge in [-0.3, -0.25) is 14.4 Å². The Morgan fingerprint density at radius 1 is 1.11 bits per heavy atom. The molecule has 0 aliphatic rings. The summed E-state index contributed by atoms with van der Waals surface area (Å²) in [5.74, 6) is -4.23. The van der Waals surface area contributed by atoms with Crippen molar-refractivity contribution in [2.75, 3.05) is 7.11 Å². The SMILES string of the molecule is COC(=O)CC(C)(C)CCCCC(C(=O)O)C(=O)O. The lowest BCUT2D eigenvalue weighted by Gasteiger charge is -2.23. The quantitative estimate of drug-likeness (QED) is 0.378. The van der Waals surface area contributed by atoms with Crippen LogP contribution >= 0.6 is 0 Å². The van der Waals surface area contributed by atoms with Gasteiger partial charge in [0.2, 0.25) is 0 Å². The third kappa shape index (κ3) is 7.43. The molecule has 19 heavy (non-hydrogen) atoms. The predicted octanol–water partition coefficient (Wildman–Crippen LogP) is 1.92. The van der Waals surface area contributed by atoms with E-state index >= 15 is 0 Å². The zero-order valence-corrected chi connectivity index (χ0v) is 11.6. The van der Waals surface area contributed by atoms with Gasteiger partial charge in [0.1, 0.15) is 0 Å². The molecule has 6 nitrogen and oxygen atoms in total. The standard InChI is InChI=1S/C13H22O6/c1-13(2,8-10(14)19-3)7-5-4-6-9(11(15)16)12(17)18/h9H,4-8H2,1-3H3,(H,15,16)(H,17,18). The van der Waals surface area contributed by atoms with Gasteiger partial charge in [-0.2, -0.15) is 0 Å². The number of hydrogen-bond donors (Lipinski definition) is 2. The first-order chi connectivity index (χ1) is 8.69. The van der Waals surface area contributed by atoms with Crippen molar-refractivity contribution in [3.8, 4) is 0 Å². The Bertz CT molecular complexity index is 320. The molecule has 0 aliphatic heterocycles. The first-order valence-corrected chi connectivity index (χ1v) is 6.22. The van der Waals surface area contributed by atoms with Crippen LogP contribution in [-0.4, -0.2) is 35.2 Å². The lowest BCUT2D eigenvalue weighted by molar-refractivity contribution is -0.154. The maximum absolute atomic E-state index is 11.2. The number of carbonyl (C=O) groups excluding carboxylic acids is 1.